The Morgan fingerprint density at radius 3 is 2.26 bits per heavy atom. The molecule has 1 unspecified atom stereocenters. The maximum Gasteiger partial charge on any atom is 0.461 e. The van der Waals surface area contributed by atoms with Gasteiger partial charge in [-0.15, -0.1) is 8.98 Å². The van der Waals surface area contributed by atoms with Crippen LogP contribution in [-0.2, 0) is 0 Å². The molecule has 0 saturated carbocycles. The smallest absolute Gasteiger partial charge is 0.422 e. The number of hydrogen-bond acceptors (Lipinski definition) is 2. The Bertz CT molecular complexity index is 659. The molecule has 1 atom stereocenters. The molecular formula is C13H10F7N2O+. The van der Waals surface area contributed by atoms with Crippen LogP contribution in [0.2, 0.25) is 0 Å². The van der Waals surface area contributed by atoms with Crippen molar-refractivity contribution in [1.82, 2.24) is 4.59 Å². The number of benzene rings is 1. The van der Waals surface area contributed by atoms with Crippen LogP contribution < -0.4 is 9.33 Å². The summed E-state index contributed by atoms with van der Waals surface area (Å²) in [5, 5.41) is 3.43. The van der Waals surface area contributed by atoms with Crippen LogP contribution in [0.5, 0.6) is 5.75 Å². The number of halogens is 7. The quantitative estimate of drug-likeness (QED) is 0.444. The highest BCUT2D eigenvalue weighted by Gasteiger charge is 2.47. The van der Waals surface area contributed by atoms with Crippen molar-refractivity contribution in [3.63, 3.8) is 0 Å². The molecule has 0 bridgehead atoms. The van der Waals surface area contributed by atoms with Gasteiger partial charge in [-0.25, -0.2) is 8.78 Å². The van der Waals surface area contributed by atoms with Crippen molar-refractivity contribution >= 4 is 11.4 Å². The number of ether oxygens (including phenoxy) is 1. The number of hydrogen-bond donors (Lipinski definition) is 0. The van der Waals surface area contributed by atoms with E-state index < -0.39 is 46.7 Å². The Labute approximate surface area is 125 Å². The van der Waals surface area contributed by atoms with Crippen LogP contribution in [0, 0.1) is 0 Å². The third kappa shape index (κ3) is 3.16. The van der Waals surface area contributed by atoms with Gasteiger partial charge >= 0.3 is 18.5 Å². The lowest BCUT2D eigenvalue weighted by Crippen LogP contribution is -2.38. The predicted octanol–water partition coefficient (Wildman–Crippen LogP) is 4.31. The minimum Gasteiger partial charge on any atom is -0.422 e. The van der Waals surface area contributed by atoms with Crippen molar-refractivity contribution in [2.45, 2.75) is 19.0 Å². The van der Waals surface area contributed by atoms with E-state index in [9.17, 15) is 30.7 Å². The van der Waals surface area contributed by atoms with Gasteiger partial charge in [0.25, 0.3) is 6.43 Å². The van der Waals surface area contributed by atoms with Crippen molar-refractivity contribution in [2.75, 3.05) is 7.05 Å². The fourth-order valence-corrected chi connectivity index (χ4v) is 1.93. The molecule has 0 saturated heterocycles. The van der Waals surface area contributed by atoms with E-state index in [-0.39, 0.29) is 0 Å². The van der Waals surface area contributed by atoms with Crippen LogP contribution in [0.25, 0.3) is 0 Å². The lowest BCUT2D eigenvalue weighted by atomic mass is 10.2. The highest BCUT2D eigenvalue weighted by Crippen LogP contribution is 2.42. The maximum absolute atomic E-state index is 14.0. The van der Waals surface area contributed by atoms with Crippen LogP contribution >= 0.6 is 0 Å². The molecule has 126 valence electrons. The summed E-state index contributed by atoms with van der Waals surface area (Å²) in [6.45, 7) is 0. The molecule has 0 amide bonds. The summed E-state index contributed by atoms with van der Waals surface area (Å²) in [6, 6.07) is 4.40. The molecule has 0 fully saturated rings. The van der Waals surface area contributed by atoms with E-state index in [1.165, 1.54) is 12.1 Å². The number of rotatable bonds is 5. The van der Waals surface area contributed by atoms with E-state index in [1.807, 2.05) is 0 Å². The van der Waals surface area contributed by atoms with Crippen molar-refractivity contribution < 1.29 is 35.5 Å². The number of allylic oxidation sites excluding steroid dienone is 1. The van der Waals surface area contributed by atoms with Gasteiger partial charge in [0.15, 0.2) is 11.5 Å². The fraction of sp³-hybridized carbons (Fsp3) is 0.308. The van der Waals surface area contributed by atoms with Gasteiger partial charge in [-0.3, -0.25) is 0 Å². The van der Waals surface area contributed by atoms with Gasteiger partial charge in [0.1, 0.15) is 7.05 Å². The van der Waals surface area contributed by atoms with E-state index in [4.69, 9.17) is 0 Å². The SMILES string of the molecule is C[N+]1(c2ccccc2OC(F)(F)C(F)F)N=C(C(F)F)C=C1F. The number of para-hydroxylation sites is 2. The molecule has 1 aliphatic heterocycles. The van der Waals surface area contributed by atoms with Crippen molar-refractivity contribution in [3.05, 3.63) is 36.3 Å². The second kappa shape index (κ2) is 5.84. The number of quaternary nitrogens is 1. The Hall–Kier alpha value is -2.10. The molecule has 0 N–H and O–H groups in total. The normalized spacial score (nSPS) is 21.7. The van der Waals surface area contributed by atoms with Crippen molar-refractivity contribution in [2.24, 2.45) is 5.10 Å². The molecular weight excluding hydrogens is 333 g/mol. The molecule has 10 heteroatoms. The van der Waals surface area contributed by atoms with Crippen LogP contribution in [-0.4, -0.2) is 31.7 Å². The zero-order valence-corrected chi connectivity index (χ0v) is 11.5. The van der Waals surface area contributed by atoms with Gasteiger partial charge < -0.3 is 4.74 Å². The first-order chi connectivity index (χ1) is 10.6. The maximum atomic E-state index is 14.0. The van der Waals surface area contributed by atoms with E-state index in [2.05, 4.69) is 9.84 Å². The molecule has 0 radical (unpaired) electrons. The molecule has 1 aromatic carbocycles. The summed E-state index contributed by atoms with van der Waals surface area (Å²) in [6.07, 6.45) is -11.6. The van der Waals surface area contributed by atoms with E-state index in [1.54, 1.807) is 0 Å². The average Bonchev–Trinajstić information content (AvgIpc) is 2.76. The highest BCUT2D eigenvalue weighted by atomic mass is 19.3. The molecule has 1 aliphatic rings. The molecule has 1 heterocycles. The molecule has 1 aromatic rings. The Morgan fingerprint density at radius 2 is 1.74 bits per heavy atom. The van der Waals surface area contributed by atoms with Crippen molar-refractivity contribution in [3.8, 4) is 5.75 Å². The summed E-state index contributed by atoms with van der Waals surface area (Å²) in [5.74, 6) is -2.00. The minimum atomic E-state index is -4.83. The second-order valence-corrected chi connectivity index (χ2v) is 4.68. The van der Waals surface area contributed by atoms with E-state index in [0.717, 1.165) is 19.2 Å². The van der Waals surface area contributed by atoms with E-state index in [0.29, 0.717) is 6.08 Å². The van der Waals surface area contributed by atoms with Gasteiger partial charge in [0.2, 0.25) is 5.69 Å². The lowest BCUT2D eigenvalue weighted by Gasteiger charge is -2.25. The molecule has 2 rings (SSSR count). The Kier molecular flexibility index (Phi) is 4.38. The summed E-state index contributed by atoms with van der Waals surface area (Å²) < 4.78 is 92.7. The van der Waals surface area contributed by atoms with Gasteiger partial charge in [0, 0.05) is 6.07 Å². The third-order valence-corrected chi connectivity index (χ3v) is 3.06. The standard InChI is InChI=1S/C13H10F7N2O/c1-22(10(14)6-7(21-22)11(15)16)8-4-2-3-5-9(8)23-13(19,20)12(17)18/h2-6,11-12H,1H3/q+1. The Morgan fingerprint density at radius 1 is 1.13 bits per heavy atom. The summed E-state index contributed by atoms with van der Waals surface area (Å²) in [5.41, 5.74) is -1.34. The minimum absolute atomic E-state index is 0.433. The molecule has 0 aliphatic carbocycles. The third-order valence-electron chi connectivity index (χ3n) is 3.06. The summed E-state index contributed by atoms with van der Waals surface area (Å²) in [7, 11) is 0.990. The van der Waals surface area contributed by atoms with E-state index >= 15 is 0 Å². The van der Waals surface area contributed by atoms with Crippen LogP contribution in [0.1, 0.15) is 0 Å². The van der Waals surface area contributed by atoms with Crippen LogP contribution in [0.15, 0.2) is 41.4 Å². The first-order valence-corrected chi connectivity index (χ1v) is 6.15. The molecule has 23 heavy (non-hydrogen) atoms. The summed E-state index contributed by atoms with van der Waals surface area (Å²) in [4.78, 5) is 0. The van der Waals surface area contributed by atoms with Crippen LogP contribution in [0.3, 0.4) is 0 Å². The molecule has 3 nitrogen and oxygen atoms in total. The predicted molar refractivity (Wildman–Crippen MR) is 68.4 cm³/mol. The summed E-state index contributed by atoms with van der Waals surface area (Å²) >= 11 is 0. The average molecular weight is 343 g/mol. The van der Waals surface area contributed by atoms with Crippen LogP contribution in [0.4, 0.5) is 36.4 Å². The number of alkyl halides is 6. The molecule has 0 spiro atoms. The van der Waals surface area contributed by atoms with Gasteiger partial charge in [0.05, 0.1) is 6.08 Å². The lowest BCUT2D eigenvalue weighted by molar-refractivity contribution is -0.253. The van der Waals surface area contributed by atoms with Gasteiger partial charge in [-0.1, -0.05) is 17.2 Å². The monoisotopic (exact) mass is 343 g/mol. The Balaban J connectivity index is 2.48. The number of nitrogens with zero attached hydrogens (tertiary/aromatic N) is 2. The zero-order valence-electron chi connectivity index (χ0n) is 11.5. The zero-order chi connectivity index (χ0) is 17.4. The first kappa shape index (κ1) is 17.3. The largest absolute Gasteiger partial charge is 0.461 e. The first-order valence-electron chi connectivity index (χ1n) is 6.15. The van der Waals surface area contributed by atoms with Gasteiger partial charge in [-0.2, -0.15) is 17.6 Å². The highest BCUT2D eigenvalue weighted by molar-refractivity contribution is 6.00. The second-order valence-electron chi connectivity index (χ2n) is 4.68. The topological polar surface area (TPSA) is 21.6 Å². The van der Waals surface area contributed by atoms with Gasteiger partial charge in [-0.05, 0) is 6.07 Å². The van der Waals surface area contributed by atoms with Crippen molar-refractivity contribution in [1.29, 1.82) is 0 Å². The fourth-order valence-electron chi connectivity index (χ4n) is 1.93. The molecule has 0 aromatic heterocycles.